The molecule has 0 radical (unpaired) electrons. The molecule has 0 bridgehead atoms. The quantitative estimate of drug-likeness (QED) is 0.239. The largest absolute Gasteiger partial charge is 0.497 e. The summed E-state index contributed by atoms with van der Waals surface area (Å²) in [5, 5.41) is 11.2. The molecule has 8 nitrogen and oxygen atoms in total. The molecule has 1 saturated heterocycles. The third-order valence-electron chi connectivity index (χ3n) is 7.34. The zero-order chi connectivity index (χ0) is 26.1. The molecule has 2 aromatic rings. The Bertz CT molecular complexity index is 1040. The number of nitrogens with zero attached hydrogens (tertiary/aromatic N) is 2. The van der Waals surface area contributed by atoms with Gasteiger partial charge < -0.3 is 31.2 Å². The van der Waals surface area contributed by atoms with Crippen molar-refractivity contribution in [3.05, 3.63) is 47.3 Å². The summed E-state index contributed by atoms with van der Waals surface area (Å²) in [5.74, 6) is 2.59. The Balaban J connectivity index is 1.30. The number of halogens is 1. The summed E-state index contributed by atoms with van der Waals surface area (Å²) in [5.41, 5.74) is 7.93. The number of hydrogen-bond donors (Lipinski definition) is 4. The molecule has 0 unspecified atom stereocenters. The second kappa shape index (κ2) is 13.4. The second-order valence-corrected chi connectivity index (χ2v) is 10.6. The molecule has 3 heterocycles. The predicted octanol–water partition coefficient (Wildman–Crippen LogP) is 4.97. The minimum Gasteiger partial charge on any atom is -0.497 e. The van der Waals surface area contributed by atoms with Crippen molar-refractivity contribution in [1.29, 1.82) is 0 Å². The van der Waals surface area contributed by atoms with Gasteiger partial charge >= 0.3 is 0 Å². The average molecular weight is 529 g/mol. The van der Waals surface area contributed by atoms with Gasteiger partial charge in [0.15, 0.2) is 0 Å². The van der Waals surface area contributed by atoms with E-state index in [1.54, 1.807) is 6.20 Å². The van der Waals surface area contributed by atoms with Crippen LogP contribution in [0.3, 0.4) is 0 Å². The van der Waals surface area contributed by atoms with E-state index in [1.807, 2.05) is 44.2 Å². The molecule has 1 saturated carbocycles. The zero-order valence-corrected chi connectivity index (χ0v) is 22.8. The molecule has 1 aliphatic heterocycles. The number of pyridine rings is 2. The van der Waals surface area contributed by atoms with Crippen molar-refractivity contribution >= 4 is 23.2 Å². The predicted molar refractivity (Wildman–Crippen MR) is 151 cm³/mol. The number of aromatic nitrogens is 2. The van der Waals surface area contributed by atoms with Crippen LogP contribution < -0.4 is 21.7 Å². The Kier molecular flexibility index (Phi) is 10.0. The van der Waals surface area contributed by atoms with Crippen LogP contribution in [0.2, 0.25) is 5.02 Å². The number of hydrogen-bond acceptors (Lipinski definition) is 8. The number of allylic oxidation sites excluding steroid dienone is 2. The smallest absolute Gasteiger partial charge is 0.126 e. The average Bonchev–Trinajstić information content (AvgIpc) is 2.92. The van der Waals surface area contributed by atoms with Crippen LogP contribution in [0, 0.1) is 0 Å². The Morgan fingerprint density at radius 2 is 1.95 bits per heavy atom. The molecule has 1 aliphatic carbocycles. The van der Waals surface area contributed by atoms with Gasteiger partial charge in [-0.05, 0) is 70.6 Å². The van der Waals surface area contributed by atoms with Crippen molar-refractivity contribution in [3.8, 4) is 11.3 Å². The Morgan fingerprint density at radius 3 is 2.70 bits per heavy atom. The molecule has 0 amide bonds. The summed E-state index contributed by atoms with van der Waals surface area (Å²) in [4.78, 5) is 9.35. The van der Waals surface area contributed by atoms with Crippen molar-refractivity contribution in [2.24, 2.45) is 5.73 Å². The van der Waals surface area contributed by atoms with E-state index in [2.05, 4.69) is 20.9 Å². The maximum Gasteiger partial charge on any atom is 0.126 e. The molecular weight excluding hydrogens is 488 g/mol. The number of ether oxygens (including phenoxy) is 2. The highest BCUT2D eigenvalue weighted by Crippen LogP contribution is 2.30. The van der Waals surface area contributed by atoms with Gasteiger partial charge in [0.2, 0.25) is 0 Å². The third kappa shape index (κ3) is 8.30. The van der Waals surface area contributed by atoms with Gasteiger partial charge in [0.1, 0.15) is 18.2 Å². The summed E-state index contributed by atoms with van der Waals surface area (Å²) in [6, 6.07) is 8.85. The Labute approximate surface area is 225 Å². The van der Waals surface area contributed by atoms with Gasteiger partial charge in [-0.25, -0.2) is 9.97 Å². The lowest BCUT2D eigenvalue weighted by molar-refractivity contribution is 0.0574. The van der Waals surface area contributed by atoms with Gasteiger partial charge in [0.25, 0.3) is 0 Å². The highest BCUT2D eigenvalue weighted by atomic mass is 35.5. The van der Waals surface area contributed by atoms with Crippen LogP contribution in [-0.4, -0.2) is 60.5 Å². The number of anilines is 2. The fourth-order valence-corrected chi connectivity index (χ4v) is 5.03. The molecule has 0 atom stereocenters. The van der Waals surface area contributed by atoms with Gasteiger partial charge in [-0.1, -0.05) is 23.7 Å². The topological polar surface area (TPSA) is 106 Å². The molecule has 5 N–H and O–H groups in total. The lowest BCUT2D eigenvalue weighted by atomic mass is 9.91. The second-order valence-electron chi connectivity index (χ2n) is 10.2. The minimum absolute atomic E-state index is 0.269. The highest BCUT2D eigenvalue weighted by molar-refractivity contribution is 6.33. The van der Waals surface area contributed by atoms with E-state index in [0.717, 1.165) is 73.7 Å². The number of rotatable bonds is 11. The first-order valence-electron chi connectivity index (χ1n) is 13.4. The van der Waals surface area contributed by atoms with Crippen LogP contribution in [0.4, 0.5) is 11.6 Å². The van der Waals surface area contributed by atoms with E-state index >= 15 is 0 Å². The molecule has 4 rings (SSSR count). The van der Waals surface area contributed by atoms with Crippen LogP contribution >= 0.6 is 11.6 Å². The SMILES string of the molecule is C/C=C(/C)OCCNC1CCC(Nc2cc(-c3cccc(NCC4(N)CCOCC4)n3)c(Cl)cn2)CC1. The van der Waals surface area contributed by atoms with Gasteiger partial charge in [-0.3, -0.25) is 0 Å². The summed E-state index contributed by atoms with van der Waals surface area (Å²) in [6.45, 7) is 7.63. The molecule has 0 aromatic carbocycles. The summed E-state index contributed by atoms with van der Waals surface area (Å²) < 4.78 is 11.1. The van der Waals surface area contributed by atoms with Crippen LogP contribution in [0.5, 0.6) is 0 Å². The normalized spacial score (nSPS) is 21.9. The number of nitrogens with one attached hydrogen (secondary N) is 3. The van der Waals surface area contributed by atoms with Gasteiger partial charge in [0, 0.05) is 55.7 Å². The van der Waals surface area contributed by atoms with E-state index in [9.17, 15) is 0 Å². The van der Waals surface area contributed by atoms with Crippen LogP contribution in [-0.2, 0) is 9.47 Å². The first kappa shape index (κ1) is 27.6. The van der Waals surface area contributed by atoms with Gasteiger partial charge in [0.05, 0.1) is 16.5 Å². The van der Waals surface area contributed by atoms with Crippen molar-refractivity contribution < 1.29 is 9.47 Å². The van der Waals surface area contributed by atoms with E-state index in [-0.39, 0.29) is 5.54 Å². The first-order valence-corrected chi connectivity index (χ1v) is 13.8. The molecule has 2 aromatic heterocycles. The van der Waals surface area contributed by atoms with Gasteiger partial charge in [-0.15, -0.1) is 0 Å². The summed E-state index contributed by atoms with van der Waals surface area (Å²) in [6.07, 6.45) is 9.82. The van der Waals surface area contributed by atoms with Crippen molar-refractivity contribution in [3.63, 3.8) is 0 Å². The number of nitrogens with two attached hydrogens (primary N) is 1. The fraction of sp³-hybridized carbons (Fsp3) is 0.571. The third-order valence-corrected chi connectivity index (χ3v) is 7.64. The van der Waals surface area contributed by atoms with Crippen molar-refractivity contribution in [2.75, 3.05) is 43.5 Å². The van der Waals surface area contributed by atoms with Gasteiger partial charge in [-0.2, -0.15) is 0 Å². The maximum atomic E-state index is 6.55. The monoisotopic (exact) mass is 528 g/mol. The minimum atomic E-state index is -0.269. The van der Waals surface area contributed by atoms with Crippen LogP contribution in [0.25, 0.3) is 11.3 Å². The van der Waals surface area contributed by atoms with E-state index in [4.69, 9.17) is 31.8 Å². The first-order chi connectivity index (χ1) is 17.9. The molecule has 37 heavy (non-hydrogen) atoms. The van der Waals surface area contributed by atoms with Crippen molar-refractivity contribution in [1.82, 2.24) is 15.3 Å². The van der Waals surface area contributed by atoms with E-state index < -0.39 is 0 Å². The molecular formula is C28H41ClN6O2. The lowest BCUT2D eigenvalue weighted by Gasteiger charge is -2.33. The summed E-state index contributed by atoms with van der Waals surface area (Å²) in [7, 11) is 0. The van der Waals surface area contributed by atoms with Crippen LogP contribution in [0.1, 0.15) is 52.4 Å². The highest BCUT2D eigenvalue weighted by Gasteiger charge is 2.28. The fourth-order valence-electron chi connectivity index (χ4n) is 4.83. The Morgan fingerprint density at radius 1 is 1.19 bits per heavy atom. The zero-order valence-electron chi connectivity index (χ0n) is 22.1. The van der Waals surface area contributed by atoms with Crippen LogP contribution in [0.15, 0.2) is 42.3 Å². The van der Waals surface area contributed by atoms with Crippen molar-refractivity contribution in [2.45, 2.75) is 70.0 Å². The molecule has 9 heteroatoms. The molecule has 2 fully saturated rings. The van der Waals surface area contributed by atoms with E-state index in [1.165, 1.54) is 0 Å². The molecule has 2 aliphatic rings. The summed E-state index contributed by atoms with van der Waals surface area (Å²) >= 11 is 6.55. The molecule has 202 valence electrons. The standard InChI is InChI=1S/C28H41ClN6O2/c1-3-20(2)37-16-13-31-21-7-9-22(10-8-21)34-27-17-23(24(29)18-32-27)25-5-4-6-26(35-25)33-19-28(30)11-14-36-15-12-28/h3-6,17-18,21-22,31H,7-16,19,30H2,1-2H3,(H,32,34)(H,33,35)/b20-3-. The Hall–Kier alpha value is -2.39. The lowest BCUT2D eigenvalue weighted by Crippen LogP contribution is -2.50. The maximum absolute atomic E-state index is 6.55. The van der Waals surface area contributed by atoms with E-state index in [0.29, 0.717) is 43.5 Å². The molecule has 0 spiro atoms.